The Morgan fingerprint density at radius 1 is 1.43 bits per heavy atom. The van der Waals surface area contributed by atoms with Gasteiger partial charge in [0.25, 0.3) is 0 Å². The molecule has 0 bridgehead atoms. The third kappa shape index (κ3) is 1.71. The van der Waals surface area contributed by atoms with Crippen LogP contribution in [0.25, 0.3) is 0 Å². The van der Waals surface area contributed by atoms with Gasteiger partial charge >= 0.3 is 0 Å². The van der Waals surface area contributed by atoms with Crippen LogP contribution in [-0.4, -0.2) is 14.5 Å². The summed E-state index contributed by atoms with van der Waals surface area (Å²) >= 11 is 0. The van der Waals surface area contributed by atoms with E-state index >= 15 is 0 Å². The number of nitrogens with zero attached hydrogens (tertiary/aromatic N) is 3. The molecule has 2 N–H and O–H groups in total. The van der Waals surface area contributed by atoms with Gasteiger partial charge in [-0.15, -0.1) is 0 Å². The molecule has 5 heteroatoms. The molecule has 14 heavy (non-hydrogen) atoms. The van der Waals surface area contributed by atoms with Gasteiger partial charge in [-0.05, 0) is 11.6 Å². The van der Waals surface area contributed by atoms with Gasteiger partial charge in [-0.25, -0.2) is 9.37 Å². The number of hydrogen-bond acceptors (Lipinski definition) is 3. The Kier molecular flexibility index (Phi) is 2.14. The van der Waals surface area contributed by atoms with E-state index in [-0.39, 0.29) is 5.82 Å². The van der Waals surface area contributed by atoms with Crippen LogP contribution < -0.4 is 5.73 Å². The Morgan fingerprint density at radius 3 is 2.93 bits per heavy atom. The van der Waals surface area contributed by atoms with E-state index in [1.54, 1.807) is 23.2 Å². The summed E-state index contributed by atoms with van der Waals surface area (Å²) < 4.78 is 14.5. The minimum atomic E-state index is -0.346. The second-order valence-electron chi connectivity index (χ2n) is 2.92. The lowest BCUT2D eigenvalue weighted by atomic mass is 10.3. The monoisotopic (exact) mass is 192 g/mol. The van der Waals surface area contributed by atoms with Crippen LogP contribution in [-0.2, 0) is 6.54 Å². The number of imidazole rings is 1. The Hall–Kier alpha value is -1.91. The van der Waals surface area contributed by atoms with Crippen molar-refractivity contribution in [2.24, 2.45) is 0 Å². The van der Waals surface area contributed by atoms with Crippen molar-refractivity contribution in [2.45, 2.75) is 6.54 Å². The van der Waals surface area contributed by atoms with E-state index < -0.39 is 0 Å². The first kappa shape index (κ1) is 8.68. The summed E-state index contributed by atoms with van der Waals surface area (Å²) in [7, 11) is 0. The maximum absolute atomic E-state index is 12.8. The summed E-state index contributed by atoms with van der Waals surface area (Å²) in [5.74, 6) is 0.0652. The van der Waals surface area contributed by atoms with Gasteiger partial charge in [-0.3, -0.25) is 4.98 Å². The quantitative estimate of drug-likeness (QED) is 0.773. The zero-order valence-electron chi connectivity index (χ0n) is 7.39. The average molecular weight is 192 g/mol. The number of hydrogen-bond donors (Lipinski definition) is 1. The number of rotatable bonds is 2. The minimum absolute atomic E-state index is 0.346. The van der Waals surface area contributed by atoms with Gasteiger partial charge in [0, 0.05) is 18.6 Å². The van der Waals surface area contributed by atoms with Crippen LogP contribution in [0.5, 0.6) is 0 Å². The molecule has 0 unspecified atom stereocenters. The molecular formula is C9H9FN4. The number of nitrogen functional groups attached to an aromatic ring is 1. The molecule has 72 valence electrons. The maximum Gasteiger partial charge on any atom is 0.200 e. The van der Waals surface area contributed by atoms with Crippen molar-refractivity contribution in [1.82, 2.24) is 14.5 Å². The normalized spacial score (nSPS) is 10.4. The van der Waals surface area contributed by atoms with Crippen LogP contribution in [0.15, 0.2) is 30.9 Å². The van der Waals surface area contributed by atoms with Crippen LogP contribution in [0.4, 0.5) is 10.3 Å². The lowest BCUT2D eigenvalue weighted by Crippen LogP contribution is -2.04. The topological polar surface area (TPSA) is 56.7 Å². The molecule has 2 heterocycles. The molecule has 0 fully saturated rings. The third-order valence-electron chi connectivity index (χ3n) is 1.86. The molecule has 0 radical (unpaired) electrons. The molecule has 0 aliphatic rings. The highest BCUT2D eigenvalue weighted by atomic mass is 19.1. The van der Waals surface area contributed by atoms with Crippen LogP contribution in [0.1, 0.15) is 5.56 Å². The molecule has 0 aliphatic heterocycles. The molecule has 2 aromatic rings. The predicted molar refractivity (Wildman–Crippen MR) is 49.9 cm³/mol. The van der Waals surface area contributed by atoms with E-state index in [4.69, 9.17) is 5.73 Å². The maximum atomic E-state index is 12.8. The van der Waals surface area contributed by atoms with Crippen molar-refractivity contribution in [1.29, 1.82) is 0 Å². The predicted octanol–water partition coefficient (Wildman–Crippen LogP) is 1.05. The summed E-state index contributed by atoms with van der Waals surface area (Å²) in [5.41, 5.74) is 6.32. The molecule has 0 aliphatic carbocycles. The second kappa shape index (κ2) is 3.45. The summed E-state index contributed by atoms with van der Waals surface area (Å²) in [6.07, 6.45) is 6.10. The number of nitrogens with two attached hydrogens (primary N) is 1. The zero-order chi connectivity index (χ0) is 9.97. The summed E-state index contributed by atoms with van der Waals surface area (Å²) in [5, 5.41) is 0. The molecular weight excluding hydrogens is 183 g/mol. The highest BCUT2D eigenvalue weighted by molar-refractivity contribution is 5.20. The summed E-state index contributed by atoms with van der Waals surface area (Å²) in [4.78, 5) is 7.61. The Labute approximate surface area is 80.2 Å². The molecule has 0 saturated carbocycles. The van der Waals surface area contributed by atoms with E-state index in [1.807, 2.05) is 0 Å². The molecule has 0 spiro atoms. The van der Waals surface area contributed by atoms with Gasteiger partial charge in [0.15, 0.2) is 5.95 Å². The van der Waals surface area contributed by atoms with Gasteiger partial charge in [0.1, 0.15) is 5.82 Å². The standard InChI is InChI=1S/C9H9FN4/c10-8-3-7(4-12-5-8)6-14-2-1-13-9(14)11/h1-5H,6H2,(H2,11,13). The molecule has 0 saturated heterocycles. The first-order chi connectivity index (χ1) is 6.75. The van der Waals surface area contributed by atoms with Gasteiger partial charge in [0.05, 0.1) is 12.7 Å². The largest absolute Gasteiger partial charge is 0.369 e. The van der Waals surface area contributed by atoms with Crippen molar-refractivity contribution in [3.8, 4) is 0 Å². The number of pyridine rings is 1. The Bertz CT molecular complexity index is 438. The van der Waals surface area contributed by atoms with Crippen LogP contribution in [0.2, 0.25) is 0 Å². The van der Waals surface area contributed by atoms with Crippen molar-refractivity contribution in [3.05, 3.63) is 42.2 Å². The van der Waals surface area contributed by atoms with Crippen molar-refractivity contribution in [2.75, 3.05) is 5.73 Å². The zero-order valence-corrected chi connectivity index (χ0v) is 7.39. The average Bonchev–Trinajstić information content (AvgIpc) is 2.52. The lowest BCUT2D eigenvalue weighted by Gasteiger charge is -2.03. The highest BCUT2D eigenvalue weighted by Gasteiger charge is 2.00. The SMILES string of the molecule is Nc1nccn1Cc1cncc(F)c1. The van der Waals surface area contributed by atoms with Crippen molar-refractivity contribution in [3.63, 3.8) is 0 Å². The van der Waals surface area contributed by atoms with E-state index in [9.17, 15) is 4.39 Å². The first-order valence-electron chi connectivity index (χ1n) is 4.12. The smallest absolute Gasteiger partial charge is 0.200 e. The Balaban J connectivity index is 2.23. The summed E-state index contributed by atoms with van der Waals surface area (Å²) in [6.45, 7) is 0.483. The number of aromatic nitrogens is 3. The van der Waals surface area contributed by atoms with Crippen LogP contribution >= 0.6 is 0 Å². The van der Waals surface area contributed by atoms with Gasteiger partial charge < -0.3 is 10.3 Å². The Morgan fingerprint density at radius 2 is 2.29 bits per heavy atom. The minimum Gasteiger partial charge on any atom is -0.369 e. The molecule has 0 atom stereocenters. The fourth-order valence-corrected chi connectivity index (χ4v) is 1.21. The van der Waals surface area contributed by atoms with Gasteiger partial charge in [-0.1, -0.05) is 0 Å². The van der Waals surface area contributed by atoms with Crippen molar-refractivity contribution < 1.29 is 4.39 Å². The fourth-order valence-electron chi connectivity index (χ4n) is 1.21. The fraction of sp³-hybridized carbons (Fsp3) is 0.111. The second-order valence-corrected chi connectivity index (χ2v) is 2.92. The van der Waals surface area contributed by atoms with Gasteiger partial charge in [-0.2, -0.15) is 0 Å². The highest BCUT2D eigenvalue weighted by Crippen LogP contribution is 2.06. The first-order valence-corrected chi connectivity index (χ1v) is 4.12. The lowest BCUT2D eigenvalue weighted by molar-refractivity contribution is 0.616. The molecule has 4 nitrogen and oxygen atoms in total. The van der Waals surface area contributed by atoms with E-state index in [2.05, 4.69) is 9.97 Å². The van der Waals surface area contributed by atoms with E-state index in [0.29, 0.717) is 12.5 Å². The molecule has 2 aromatic heterocycles. The third-order valence-corrected chi connectivity index (χ3v) is 1.86. The van der Waals surface area contributed by atoms with Crippen molar-refractivity contribution >= 4 is 5.95 Å². The summed E-state index contributed by atoms with van der Waals surface area (Å²) in [6, 6.07) is 1.42. The molecule has 0 aromatic carbocycles. The molecule has 0 amide bonds. The van der Waals surface area contributed by atoms with E-state index in [0.717, 1.165) is 5.56 Å². The number of anilines is 1. The van der Waals surface area contributed by atoms with E-state index in [1.165, 1.54) is 12.3 Å². The number of halogens is 1. The van der Waals surface area contributed by atoms with Gasteiger partial charge in [0.2, 0.25) is 0 Å². The van der Waals surface area contributed by atoms with Crippen LogP contribution in [0.3, 0.4) is 0 Å². The molecule has 2 rings (SSSR count). The van der Waals surface area contributed by atoms with Crippen LogP contribution in [0, 0.1) is 5.82 Å².